The van der Waals surface area contributed by atoms with Crippen LogP contribution in [0.1, 0.15) is 11.1 Å². The Morgan fingerprint density at radius 1 is 1.05 bits per heavy atom. The molecule has 2 aromatic rings. The molecule has 0 aliphatic heterocycles. The normalized spacial score (nSPS) is 9.90. The van der Waals surface area contributed by atoms with Gasteiger partial charge in [-0.2, -0.15) is 0 Å². The fourth-order valence-electron chi connectivity index (χ4n) is 1.86. The van der Waals surface area contributed by atoms with Gasteiger partial charge in [0.2, 0.25) is 0 Å². The summed E-state index contributed by atoms with van der Waals surface area (Å²) in [5.41, 5.74) is 2.01. The molecular formula is C16H17NO2S. The van der Waals surface area contributed by atoms with E-state index in [1.165, 1.54) is 5.56 Å². The second kappa shape index (κ2) is 6.91. The summed E-state index contributed by atoms with van der Waals surface area (Å²) in [6, 6.07) is 15.7. The maximum absolute atomic E-state index is 5.43. The van der Waals surface area contributed by atoms with Gasteiger partial charge < -0.3 is 14.8 Å². The van der Waals surface area contributed by atoms with Crippen molar-refractivity contribution < 1.29 is 9.47 Å². The molecule has 0 atom stereocenters. The Balaban J connectivity index is 2.12. The monoisotopic (exact) mass is 287 g/mol. The Bertz CT molecular complexity index is 584. The van der Waals surface area contributed by atoms with E-state index in [-0.39, 0.29) is 0 Å². The first-order chi connectivity index (χ1) is 9.74. The summed E-state index contributed by atoms with van der Waals surface area (Å²) in [6.45, 7) is 0.681. The van der Waals surface area contributed by atoms with Crippen LogP contribution in [0.3, 0.4) is 0 Å². The first kappa shape index (κ1) is 14.3. The van der Waals surface area contributed by atoms with E-state index in [0.29, 0.717) is 11.5 Å². The van der Waals surface area contributed by atoms with Gasteiger partial charge in [-0.3, -0.25) is 0 Å². The summed E-state index contributed by atoms with van der Waals surface area (Å²) in [6.07, 6.45) is 0. The van der Waals surface area contributed by atoms with Crippen molar-refractivity contribution in [1.82, 2.24) is 5.32 Å². The van der Waals surface area contributed by atoms with Crippen molar-refractivity contribution in [2.75, 3.05) is 14.2 Å². The lowest BCUT2D eigenvalue weighted by atomic mass is 10.1. The number of ether oxygens (including phenoxy) is 2. The third kappa shape index (κ3) is 3.48. The van der Waals surface area contributed by atoms with E-state index in [2.05, 4.69) is 17.4 Å². The van der Waals surface area contributed by atoms with Crippen LogP contribution in [0.15, 0.2) is 48.5 Å². The maximum atomic E-state index is 5.43. The minimum atomic E-state index is 0.643. The predicted octanol–water partition coefficient (Wildman–Crippen LogP) is 3.17. The van der Waals surface area contributed by atoms with Crippen molar-refractivity contribution in [1.29, 1.82) is 0 Å². The van der Waals surface area contributed by atoms with Crippen LogP contribution in [0, 0.1) is 0 Å². The van der Waals surface area contributed by atoms with Crippen LogP contribution in [0.25, 0.3) is 0 Å². The lowest BCUT2D eigenvalue weighted by Crippen LogP contribution is -2.22. The molecule has 20 heavy (non-hydrogen) atoms. The fourth-order valence-corrected chi connectivity index (χ4v) is 2.10. The van der Waals surface area contributed by atoms with E-state index in [1.54, 1.807) is 14.2 Å². The van der Waals surface area contributed by atoms with Gasteiger partial charge in [0.25, 0.3) is 0 Å². The quantitative estimate of drug-likeness (QED) is 0.856. The molecule has 0 spiro atoms. The van der Waals surface area contributed by atoms with Crippen molar-refractivity contribution >= 4 is 17.2 Å². The number of thiocarbonyl (C=S) groups is 1. The second-order valence-corrected chi connectivity index (χ2v) is 4.64. The average molecular weight is 287 g/mol. The zero-order chi connectivity index (χ0) is 14.4. The zero-order valence-corrected chi connectivity index (χ0v) is 12.4. The van der Waals surface area contributed by atoms with E-state index in [4.69, 9.17) is 21.7 Å². The summed E-state index contributed by atoms with van der Waals surface area (Å²) in [5.74, 6) is 1.49. The summed E-state index contributed by atoms with van der Waals surface area (Å²) >= 11 is 5.43. The van der Waals surface area contributed by atoms with Gasteiger partial charge in [-0.15, -0.1) is 0 Å². The minimum absolute atomic E-state index is 0.643. The zero-order valence-electron chi connectivity index (χ0n) is 11.6. The lowest BCUT2D eigenvalue weighted by molar-refractivity contribution is 0.402. The molecule has 0 heterocycles. The molecule has 0 aliphatic carbocycles. The highest BCUT2D eigenvalue weighted by atomic mass is 32.1. The first-order valence-electron chi connectivity index (χ1n) is 6.28. The van der Waals surface area contributed by atoms with Crippen molar-refractivity contribution in [3.8, 4) is 11.5 Å². The van der Waals surface area contributed by atoms with E-state index >= 15 is 0 Å². The number of hydrogen-bond donors (Lipinski definition) is 1. The first-order valence-corrected chi connectivity index (χ1v) is 6.69. The van der Waals surface area contributed by atoms with Crippen LogP contribution >= 0.6 is 12.2 Å². The second-order valence-electron chi connectivity index (χ2n) is 4.23. The lowest BCUT2D eigenvalue weighted by Gasteiger charge is -2.13. The molecule has 3 nitrogen and oxygen atoms in total. The number of benzene rings is 2. The van der Waals surface area contributed by atoms with Crippen molar-refractivity contribution in [3.63, 3.8) is 0 Å². The van der Waals surface area contributed by atoms with E-state index < -0.39 is 0 Å². The minimum Gasteiger partial charge on any atom is -0.497 e. The molecule has 4 heteroatoms. The maximum Gasteiger partial charge on any atom is 0.129 e. The highest BCUT2D eigenvalue weighted by Gasteiger charge is 2.10. The topological polar surface area (TPSA) is 30.5 Å². The van der Waals surface area contributed by atoms with Crippen LogP contribution in [0.2, 0.25) is 0 Å². The highest BCUT2D eigenvalue weighted by Crippen LogP contribution is 2.24. The van der Waals surface area contributed by atoms with Crippen LogP contribution in [0.5, 0.6) is 11.5 Å². The highest BCUT2D eigenvalue weighted by molar-refractivity contribution is 7.80. The number of hydrogen-bond acceptors (Lipinski definition) is 3. The number of rotatable bonds is 5. The molecule has 0 aromatic heterocycles. The molecule has 1 N–H and O–H groups in total. The predicted molar refractivity (Wildman–Crippen MR) is 84.5 cm³/mol. The number of methoxy groups -OCH3 is 2. The van der Waals surface area contributed by atoms with E-state index in [0.717, 1.165) is 17.1 Å². The summed E-state index contributed by atoms with van der Waals surface area (Å²) < 4.78 is 10.6. The third-order valence-corrected chi connectivity index (χ3v) is 3.31. The molecule has 2 aromatic carbocycles. The van der Waals surface area contributed by atoms with Crippen molar-refractivity contribution in [3.05, 3.63) is 59.7 Å². The molecule has 2 rings (SSSR count). The Morgan fingerprint density at radius 3 is 2.45 bits per heavy atom. The largest absolute Gasteiger partial charge is 0.497 e. The van der Waals surface area contributed by atoms with Gasteiger partial charge >= 0.3 is 0 Å². The van der Waals surface area contributed by atoms with Crippen molar-refractivity contribution in [2.45, 2.75) is 6.54 Å². The number of nitrogens with one attached hydrogen (secondary N) is 1. The van der Waals surface area contributed by atoms with E-state index in [9.17, 15) is 0 Å². The molecule has 0 saturated heterocycles. The molecule has 0 amide bonds. The SMILES string of the molecule is COc1ccc(OC)c(C(=S)NCc2ccccc2)c1. The smallest absolute Gasteiger partial charge is 0.129 e. The van der Waals surface area contributed by atoms with Crippen LogP contribution < -0.4 is 14.8 Å². The Hall–Kier alpha value is -2.07. The summed E-state index contributed by atoms with van der Waals surface area (Å²) in [5, 5.41) is 3.24. The van der Waals surface area contributed by atoms with Gasteiger partial charge in [0.15, 0.2) is 0 Å². The molecule has 0 bridgehead atoms. The fraction of sp³-hybridized carbons (Fsp3) is 0.188. The van der Waals surface area contributed by atoms with Crippen LogP contribution in [-0.4, -0.2) is 19.2 Å². The molecular weight excluding hydrogens is 270 g/mol. The van der Waals surface area contributed by atoms with Gasteiger partial charge in [0, 0.05) is 6.54 Å². The molecule has 0 radical (unpaired) electrons. The Labute approximate surface area is 124 Å². The van der Waals surface area contributed by atoms with Crippen LogP contribution in [0.4, 0.5) is 0 Å². The molecule has 0 unspecified atom stereocenters. The van der Waals surface area contributed by atoms with Crippen LogP contribution in [-0.2, 0) is 6.54 Å². The van der Waals surface area contributed by atoms with Gasteiger partial charge in [-0.25, -0.2) is 0 Å². The van der Waals surface area contributed by atoms with Gasteiger partial charge in [0.1, 0.15) is 16.5 Å². The molecule has 0 aliphatic rings. The molecule has 104 valence electrons. The molecule has 0 fully saturated rings. The van der Waals surface area contributed by atoms with E-state index in [1.807, 2.05) is 36.4 Å². The Morgan fingerprint density at radius 2 is 1.80 bits per heavy atom. The summed E-state index contributed by atoms with van der Waals surface area (Å²) in [4.78, 5) is 0.643. The van der Waals surface area contributed by atoms with Gasteiger partial charge in [0.05, 0.1) is 19.8 Å². The third-order valence-electron chi connectivity index (χ3n) is 2.95. The summed E-state index contributed by atoms with van der Waals surface area (Å²) in [7, 11) is 3.26. The van der Waals surface area contributed by atoms with Gasteiger partial charge in [-0.05, 0) is 23.8 Å². The van der Waals surface area contributed by atoms with Crippen molar-refractivity contribution in [2.24, 2.45) is 0 Å². The Kier molecular flexibility index (Phi) is 4.96. The average Bonchev–Trinajstić information content (AvgIpc) is 2.52. The van der Waals surface area contributed by atoms with Gasteiger partial charge in [-0.1, -0.05) is 42.5 Å². The molecule has 0 saturated carbocycles. The standard InChI is InChI=1S/C16H17NO2S/c1-18-13-8-9-15(19-2)14(10-13)16(20)17-11-12-6-4-3-5-7-12/h3-10H,11H2,1-2H3,(H,17,20).